The van der Waals surface area contributed by atoms with Gasteiger partial charge in [0.15, 0.2) is 5.78 Å². The predicted octanol–water partition coefficient (Wildman–Crippen LogP) is 4.38. The maximum absolute atomic E-state index is 14.4. The second-order valence-electron chi connectivity index (χ2n) is 19.8. The number of ether oxygens (including phenoxy) is 1. The van der Waals surface area contributed by atoms with Crippen molar-refractivity contribution in [3.05, 3.63) is 23.8 Å². The highest BCUT2D eigenvalue weighted by Crippen LogP contribution is 2.72. The molecule has 4 saturated carbocycles. The summed E-state index contributed by atoms with van der Waals surface area (Å²) in [6.07, 6.45) is 14.6. The number of fused-ring (bicyclic) bond motifs is 3. The van der Waals surface area contributed by atoms with Crippen LogP contribution in [-0.2, 0) is 9.53 Å². The predicted molar refractivity (Wildman–Crippen MR) is 198 cm³/mol. The fraction of sp³-hybridized carbons (Fsp3) is 0.884. The highest BCUT2D eigenvalue weighted by Gasteiger charge is 2.72. The van der Waals surface area contributed by atoms with Gasteiger partial charge in [-0.25, -0.2) is 0 Å². The Labute approximate surface area is 311 Å². The molecule has 9 heteroatoms. The second-order valence-corrected chi connectivity index (χ2v) is 19.8. The molecule has 8 rings (SSSR count). The van der Waals surface area contributed by atoms with E-state index >= 15 is 0 Å². The van der Waals surface area contributed by atoms with Gasteiger partial charge in [0.2, 0.25) is 0 Å². The quantitative estimate of drug-likeness (QED) is 0.197. The van der Waals surface area contributed by atoms with Crippen LogP contribution >= 0.6 is 0 Å². The van der Waals surface area contributed by atoms with Crippen molar-refractivity contribution in [2.24, 2.45) is 69.8 Å². The van der Waals surface area contributed by atoms with E-state index < -0.39 is 58.3 Å². The zero-order valence-corrected chi connectivity index (χ0v) is 32.1. The zero-order chi connectivity index (χ0) is 37.0. The largest absolute Gasteiger partial charge is 0.390 e. The summed E-state index contributed by atoms with van der Waals surface area (Å²) in [5.74, 6) is 0.619. The van der Waals surface area contributed by atoms with Crippen LogP contribution in [0.25, 0.3) is 0 Å². The van der Waals surface area contributed by atoms with E-state index in [0.717, 1.165) is 56.6 Å². The molecule has 2 unspecified atom stereocenters. The number of hydrogen-bond donors (Lipinski definition) is 7. The SMILES string of the molecule is CCC[C@H]1CC[C@@H]2[C@H](C)[C@H]([C@@H](O)[C@](C)(O)[C@@H]3CC[C@]4(O)C5=CC(=O)[C@@H]6C[C@@H](O)[C@@H](O)C[C@@]67C[C@H](C6CCC(N)NC6)C=C[C@@H](C[C@]34C)[C@@H]57)O[C@@H]2CC1. The number of rotatable bonds is 6. The normalized spacial score (nSPS) is 53.3. The van der Waals surface area contributed by atoms with Crippen LogP contribution in [0.2, 0.25) is 0 Å². The molecule has 0 aromatic heterocycles. The number of ketones is 1. The molecule has 8 N–H and O–H groups in total. The van der Waals surface area contributed by atoms with E-state index in [-0.39, 0.29) is 48.1 Å². The maximum atomic E-state index is 14.4. The molecule has 8 aliphatic rings. The van der Waals surface area contributed by atoms with E-state index in [0.29, 0.717) is 37.5 Å². The average Bonchev–Trinajstić information content (AvgIpc) is 3.39. The molecule has 1 spiro atoms. The molecule has 2 saturated heterocycles. The maximum Gasteiger partial charge on any atom is 0.159 e. The molecule has 9 nitrogen and oxygen atoms in total. The Morgan fingerprint density at radius 1 is 1.04 bits per heavy atom. The van der Waals surface area contributed by atoms with Crippen molar-refractivity contribution < 1.29 is 35.1 Å². The summed E-state index contributed by atoms with van der Waals surface area (Å²) in [5, 5.41) is 63.8. The van der Waals surface area contributed by atoms with Gasteiger partial charge in [-0.05, 0) is 149 Å². The lowest BCUT2D eigenvalue weighted by Crippen LogP contribution is -2.66. The highest BCUT2D eigenvalue weighted by atomic mass is 16.5. The van der Waals surface area contributed by atoms with E-state index in [1.54, 1.807) is 13.0 Å². The first-order chi connectivity index (χ1) is 24.6. The van der Waals surface area contributed by atoms with Gasteiger partial charge in [0.1, 0.15) is 6.10 Å². The molecule has 0 bridgehead atoms. The van der Waals surface area contributed by atoms with Gasteiger partial charge < -0.3 is 41.3 Å². The van der Waals surface area contributed by atoms with Crippen molar-refractivity contribution in [3.8, 4) is 0 Å². The molecule has 0 aromatic rings. The molecule has 2 heterocycles. The summed E-state index contributed by atoms with van der Waals surface area (Å²) in [6.45, 7) is 9.10. The zero-order valence-electron chi connectivity index (χ0n) is 32.1. The Bertz CT molecular complexity index is 1430. The van der Waals surface area contributed by atoms with E-state index in [1.165, 1.54) is 19.3 Å². The smallest absolute Gasteiger partial charge is 0.159 e. The first-order valence-electron chi connectivity index (χ1n) is 21.2. The molecule has 0 aromatic carbocycles. The number of piperidine rings is 1. The topological polar surface area (TPSA) is 166 Å². The van der Waals surface area contributed by atoms with Gasteiger partial charge in [-0.3, -0.25) is 4.79 Å². The standard InChI is InChI=1S/C43H68N2O7/c1-5-6-24-7-12-28-23(2)38(52-34(28)13-8-24)39(49)41(4,50)35-15-16-43(51)30-18-31(46)29-17-32(47)33(48)21-42(29)20-25(27-11-14-36(44)45-22-27)9-10-26(37(30)42)19-40(35,43)3/h9-10,18,23-29,32-39,45,47-51H,5-8,11-17,19-22,44H2,1-4H3/t23-,24-,25+,26-,27?,28+,29-,32+,33-,34+,35+,36?,37-,38+,39+,40+,41+,42-,43-/m0/s1. The Kier molecular flexibility index (Phi) is 9.79. The fourth-order valence-corrected chi connectivity index (χ4v) is 14.5. The number of carbonyl (C=O) groups excluding carboxylic acids is 1. The van der Waals surface area contributed by atoms with E-state index in [2.05, 4.69) is 38.2 Å². The Hall–Kier alpha value is -1.17. The minimum absolute atomic E-state index is 0.0186. The minimum atomic E-state index is -1.53. The van der Waals surface area contributed by atoms with Crippen LogP contribution in [0.4, 0.5) is 0 Å². The molecule has 292 valence electrons. The van der Waals surface area contributed by atoms with Crippen molar-refractivity contribution in [2.75, 3.05) is 6.54 Å². The minimum Gasteiger partial charge on any atom is -0.390 e. The molecule has 0 amide bonds. The van der Waals surface area contributed by atoms with Crippen LogP contribution in [0, 0.1) is 64.1 Å². The number of nitrogens with one attached hydrogen (secondary N) is 1. The van der Waals surface area contributed by atoms with Crippen molar-refractivity contribution in [1.82, 2.24) is 5.32 Å². The second kappa shape index (κ2) is 13.5. The van der Waals surface area contributed by atoms with Gasteiger partial charge in [0, 0.05) is 11.3 Å². The summed E-state index contributed by atoms with van der Waals surface area (Å²) in [4.78, 5) is 14.4. The van der Waals surface area contributed by atoms with Gasteiger partial charge in [0.05, 0.1) is 41.8 Å². The summed E-state index contributed by atoms with van der Waals surface area (Å²) in [5.41, 5.74) is 2.66. The fourth-order valence-electron chi connectivity index (χ4n) is 14.5. The molecule has 52 heavy (non-hydrogen) atoms. The first kappa shape index (κ1) is 37.7. The molecular formula is C43H68N2O7. The number of allylic oxidation sites excluding steroid dienone is 3. The lowest BCUT2D eigenvalue weighted by Gasteiger charge is -2.63. The number of aliphatic hydroxyl groups is 5. The van der Waals surface area contributed by atoms with Gasteiger partial charge in [-0.1, -0.05) is 52.2 Å². The lowest BCUT2D eigenvalue weighted by molar-refractivity contribution is -0.203. The van der Waals surface area contributed by atoms with E-state index in [4.69, 9.17) is 10.5 Å². The van der Waals surface area contributed by atoms with E-state index in [1.807, 2.05) is 0 Å². The van der Waals surface area contributed by atoms with Crippen LogP contribution in [-0.4, -0.2) is 85.7 Å². The Balaban J connectivity index is 1.12. The van der Waals surface area contributed by atoms with E-state index in [9.17, 15) is 30.3 Å². The number of hydrogen-bond acceptors (Lipinski definition) is 9. The third-order valence-electron chi connectivity index (χ3n) is 17.3. The summed E-state index contributed by atoms with van der Waals surface area (Å²) >= 11 is 0. The van der Waals surface area contributed by atoms with Crippen LogP contribution in [0.5, 0.6) is 0 Å². The summed E-state index contributed by atoms with van der Waals surface area (Å²) in [6, 6.07) is 0. The third-order valence-corrected chi connectivity index (χ3v) is 17.3. The molecule has 6 aliphatic carbocycles. The van der Waals surface area contributed by atoms with Crippen LogP contribution in [0.1, 0.15) is 118 Å². The van der Waals surface area contributed by atoms with Crippen molar-refractivity contribution in [3.63, 3.8) is 0 Å². The molecule has 19 atom stereocenters. The van der Waals surface area contributed by atoms with Gasteiger partial charge in [0.25, 0.3) is 0 Å². The average molecular weight is 725 g/mol. The molecule has 0 radical (unpaired) electrons. The number of aliphatic hydroxyl groups excluding tert-OH is 3. The van der Waals surface area contributed by atoms with Crippen molar-refractivity contribution in [1.29, 1.82) is 0 Å². The third kappa shape index (κ3) is 5.63. The Morgan fingerprint density at radius 3 is 2.52 bits per heavy atom. The first-order valence-corrected chi connectivity index (χ1v) is 21.2. The molecule has 6 fully saturated rings. The lowest BCUT2D eigenvalue weighted by atomic mass is 9.42. The highest BCUT2D eigenvalue weighted by molar-refractivity contribution is 5.95. The monoisotopic (exact) mass is 725 g/mol. The van der Waals surface area contributed by atoms with Gasteiger partial charge >= 0.3 is 0 Å². The van der Waals surface area contributed by atoms with Crippen molar-refractivity contribution in [2.45, 2.75) is 165 Å². The van der Waals surface area contributed by atoms with Crippen LogP contribution in [0.3, 0.4) is 0 Å². The van der Waals surface area contributed by atoms with Gasteiger partial charge in [-0.2, -0.15) is 0 Å². The molecule has 2 aliphatic heterocycles. The van der Waals surface area contributed by atoms with Crippen molar-refractivity contribution >= 4 is 5.78 Å². The Morgan fingerprint density at radius 2 is 1.79 bits per heavy atom. The van der Waals surface area contributed by atoms with Gasteiger partial charge in [-0.15, -0.1) is 0 Å². The van der Waals surface area contributed by atoms with Crippen LogP contribution in [0.15, 0.2) is 23.8 Å². The summed E-state index contributed by atoms with van der Waals surface area (Å²) < 4.78 is 6.72. The van der Waals surface area contributed by atoms with Crippen LogP contribution < -0.4 is 11.1 Å². The summed E-state index contributed by atoms with van der Waals surface area (Å²) in [7, 11) is 0. The molecular weight excluding hydrogens is 656 g/mol. The number of nitrogens with two attached hydrogens (primary N) is 1. The number of carbonyl (C=O) groups is 1.